The number of piperidine rings is 1. The van der Waals surface area contributed by atoms with Gasteiger partial charge >= 0.3 is 0 Å². The van der Waals surface area contributed by atoms with Crippen LogP contribution >= 0.6 is 0 Å². The molecule has 1 aliphatic heterocycles. The number of hydrogen-bond acceptors (Lipinski definition) is 3. The highest BCUT2D eigenvalue weighted by Crippen LogP contribution is 2.30. The highest BCUT2D eigenvalue weighted by molar-refractivity contribution is 5.37. The van der Waals surface area contributed by atoms with E-state index in [4.69, 9.17) is 4.74 Å². The predicted octanol–water partition coefficient (Wildman–Crippen LogP) is 2.48. The highest BCUT2D eigenvalue weighted by atomic mass is 16.5. The van der Waals surface area contributed by atoms with E-state index in [2.05, 4.69) is 35.5 Å². The molecule has 1 aliphatic carbocycles. The Morgan fingerprint density at radius 3 is 3.00 bits per heavy atom. The molecule has 0 radical (unpaired) electrons. The number of rotatable bonds is 4. The van der Waals surface area contributed by atoms with Crippen molar-refractivity contribution in [3.8, 4) is 5.75 Å². The summed E-state index contributed by atoms with van der Waals surface area (Å²) in [7, 11) is 3.83. The van der Waals surface area contributed by atoms with Gasteiger partial charge in [0.1, 0.15) is 5.75 Å². The number of likely N-dealkylation sites (tertiary alicyclic amines) is 1. The molecule has 116 valence electrons. The summed E-state index contributed by atoms with van der Waals surface area (Å²) in [6.45, 7) is 3.71. The third kappa shape index (κ3) is 3.41. The highest BCUT2D eigenvalue weighted by Gasteiger charge is 2.28. The molecule has 3 nitrogen and oxygen atoms in total. The number of benzene rings is 1. The van der Waals surface area contributed by atoms with Crippen LogP contribution in [0.4, 0.5) is 0 Å². The molecule has 3 rings (SSSR count). The maximum absolute atomic E-state index is 5.39. The fourth-order valence-corrected chi connectivity index (χ4v) is 4.04. The van der Waals surface area contributed by atoms with Crippen molar-refractivity contribution in [2.75, 3.05) is 33.8 Å². The minimum atomic E-state index is 0.726. The van der Waals surface area contributed by atoms with Crippen molar-refractivity contribution >= 4 is 0 Å². The van der Waals surface area contributed by atoms with Gasteiger partial charge in [-0.15, -0.1) is 0 Å². The number of hydrogen-bond donors (Lipinski definition) is 1. The normalized spacial score (nSPS) is 26.4. The summed E-state index contributed by atoms with van der Waals surface area (Å²) >= 11 is 0. The van der Waals surface area contributed by atoms with E-state index in [0.717, 1.165) is 24.3 Å². The summed E-state index contributed by atoms with van der Waals surface area (Å²) < 4.78 is 5.39. The molecule has 2 atom stereocenters. The molecule has 1 heterocycles. The molecule has 21 heavy (non-hydrogen) atoms. The fraction of sp³-hybridized carbons (Fsp3) is 0.667. The molecular formula is C18H28N2O. The first-order chi connectivity index (χ1) is 10.3. The Labute approximate surface area is 128 Å². The molecule has 1 aromatic rings. The van der Waals surface area contributed by atoms with Gasteiger partial charge in [-0.25, -0.2) is 0 Å². The van der Waals surface area contributed by atoms with Gasteiger partial charge in [0.15, 0.2) is 0 Å². The first-order valence-electron chi connectivity index (χ1n) is 8.34. The van der Waals surface area contributed by atoms with Gasteiger partial charge in [-0.2, -0.15) is 0 Å². The first kappa shape index (κ1) is 14.9. The Kier molecular flexibility index (Phi) is 4.81. The molecule has 3 heteroatoms. The maximum atomic E-state index is 5.39. The van der Waals surface area contributed by atoms with Crippen LogP contribution in [0, 0.1) is 5.92 Å². The molecule has 0 amide bonds. The standard InChI is InChI=1S/C18H28N2O/c1-19-12-14-4-3-9-20(13-14)17-7-5-15-6-8-18(21-2)11-16(15)10-17/h6,8,11,14,17,19H,3-5,7,9-10,12-13H2,1-2H3. The van der Waals surface area contributed by atoms with Gasteiger partial charge < -0.3 is 10.1 Å². The Morgan fingerprint density at radius 2 is 2.19 bits per heavy atom. The fourth-order valence-electron chi connectivity index (χ4n) is 4.04. The predicted molar refractivity (Wildman–Crippen MR) is 87.0 cm³/mol. The van der Waals surface area contributed by atoms with Crippen molar-refractivity contribution < 1.29 is 4.74 Å². The third-order valence-corrected chi connectivity index (χ3v) is 5.18. The second-order valence-corrected chi connectivity index (χ2v) is 6.59. The molecule has 0 saturated carbocycles. The molecule has 1 saturated heterocycles. The van der Waals surface area contributed by atoms with Gasteiger partial charge in [0.2, 0.25) is 0 Å². The van der Waals surface area contributed by atoms with E-state index in [1.807, 2.05) is 0 Å². The molecule has 2 unspecified atom stereocenters. The third-order valence-electron chi connectivity index (χ3n) is 5.18. The lowest BCUT2D eigenvalue weighted by Crippen LogP contribution is -2.46. The van der Waals surface area contributed by atoms with Crippen LogP contribution in [0.2, 0.25) is 0 Å². The second-order valence-electron chi connectivity index (χ2n) is 6.59. The van der Waals surface area contributed by atoms with Gasteiger partial charge in [0.05, 0.1) is 7.11 Å². The van der Waals surface area contributed by atoms with E-state index in [0.29, 0.717) is 0 Å². The SMILES string of the molecule is CNCC1CCCN(C2CCc3ccc(OC)cc3C2)C1. The monoisotopic (exact) mass is 288 g/mol. The van der Waals surface area contributed by atoms with Crippen molar-refractivity contribution in [1.29, 1.82) is 0 Å². The smallest absolute Gasteiger partial charge is 0.119 e. The van der Waals surface area contributed by atoms with Gasteiger partial charge in [-0.1, -0.05) is 6.07 Å². The van der Waals surface area contributed by atoms with Crippen LogP contribution in [0.1, 0.15) is 30.4 Å². The quantitative estimate of drug-likeness (QED) is 0.921. The van der Waals surface area contributed by atoms with Crippen LogP contribution < -0.4 is 10.1 Å². The van der Waals surface area contributed by atoms with Gasteiger partial charge in [-0.3, -0.25) is 4.90 Å². The number of methoxy groups -OCH3 is 1. The van der Waals surface area contributed by atoms with Crippen LogP contribution in [0.15, 0.2) is 18.2 Å². The minimum absolute atomic E-state index is 0.726. The van der Waals surface area contributed by atoms with Crippen molar-refractivity contribution in [2.45, 2.75) is 38.1 Å². The Morgan fingerprint density at radius 1 is 1.29 bits per heavy atom. The zero-order valence-corrected chi connectivity index (χ0v) is 13.4. The van der Waals surface area contributed by atoms with Crippen LogP contribution in [-0.2, 0) is 12.8 Å². The molecule has 0 aromatic heterocycles. The summed E-state index contributed by atoms with van der Waals surface area (Å²) in [6.07, 6.45) is 6.46. The van der Waals surface area contributed by atoms with E-state index in [-0.39, 0.29) is 0 Å². The van der Waals surface area contributed by atoms with E-state index in [1.165, 1.54) is 56.3 Å². The Balaban J connectivity index is 1.67. The average molecular weight is 288 g/mol. The maximum Gasteiger partial charge on any atom is 0.119 e. The summed E-state index contributed by atoms with van der Waals surface area (Å²) in [5, 5.41) is 3.35. The number of nitrogens with one attached hydrogen (secondary N) is 1. The van der Waals surface area contributed by atoms with Crippen LogP contribution in [0.3, 0.4) is 0 Å². The summed E-state index contributed by atoms with van der Waals surface area (Å²) in [5.74, 6) is 1.83. The van der Waals surface area contributed by atoms with E-state index < -0.39 is 0 Å². The Bertz CT molecular complexity index is 472. The van der Waals surface area contributed by atoms with Crippen LogP contribution in [0.5, 0.6) is 5.75 Å². The number of ether oxygens (including phenoxy) is 1. The summed E-state index contributed by atoms with van der Waals surface area (Å²) in [5.41, 5.74) is 3.03. The van der Waals surface area contributed by atoms with E-state index in [1.54, 1.807) is 7.11 Å². The zero-order valence-electron chi connectivity index (χ0n) is 13.4. The van der Waals surface area contributed by atoms with Crippen LogP contribution in [-0.4, -0.2) is 44.7 Å². The lowest BCUT2D eigenvalue weighted by atomic mass is 9.85. The first-order valence-corrected chi connectivity index (χ1v) is 8.34. The second kappa shape index (κ2) is 6.80. The lowest BCUT2D eigenvalue weighted by Gasteiger charge is -2.40. The summed E-state index contributed by atoms with van der Waals surface area (Å²) in [4.78, 5) is 2.74. The molecule has 1 aromatic carbocycles. The molecule has 1 fully saturated rings. The molecule has 0 spiro atoms. The zero-order chi connectivity index (χ0) is 14.7. The summed E-state index contributed by atoms with van der Waals surface area (Å²) in [6, 6.07) is 7.33. The van der Waals surface area contributed by atoms with Crippen molar-refractivity contribution in [1.82, 2.24) is 10.2 Å². The average Bonchev–Trinajstić information content (AvgIpc) is 2.54. The van der Waals surface area contributed by atoms with Gasteiger partial charge in [0, 0.05) is 12.6 Å². The van der Waals surface area contributed by atoms with Crippen molar-refractivity contribution in [3.63, 3.8) is 0 Å². The largest absolute Gasteiger partial charge is 0.497 e. The molecule has 2 aliphatic rings. The molecule has 1 N–H and O–H groups in total. The lowest BCUT2D eigenvalue weighted by molar-refractivity contribution is 0.113. The topological polar surface area (TPSA) is 24.5 Å². The number of nitrogens with zero attached hydrogens (tertiary/aromatic N) is 1. The van der Waals surface area contributed by atoms with Crippen molar-refractivity contribution in [3.05, 3.63) is 29.3 Å². The number of fused-ring (bicyclic) bond motifs is 1. The number of aryl methyl sites for hydroxylation is 1. The minimum Gasteiger partial charge on any atom is -0.497 e. The van der Waals surface area contributed by atoms with E-state index in [9.17, 15) is 0 Å². The Hall–Kier alpha value is -1.06. The van der Waals surface area contributed by atoms with Crippen LogP contribution in [0.25, 0.3) is 0 Å². The molecule has 0 bridgehead atoms. The van der Waals surface area contributed by atoms with Crippen molar-refractivity contribution in [2.24, 2.45) is 5.92 Å². The van der Waals surface area contributed by atoms with Gasteiger partial charge in [-0.05, 0) is 81.4 Å². The van der Waals surface area contributed by atoms with E-state index >= 15 is 0 Å². The van der Waals surface area contributed by atoms with Gasteiger partial charge in [0.25, 0.3) is 0 Å². The molecular weight excluding hydrogens is 260 g/mol.